The van der Waals surface area contributed by atoms with E-state index in [9.17, 15) is 4.79 Å². The summed E-state index contributed by atoms with van der Waals surface area (Å²) in [7, 11) is 0. The summed E-state index contributed by atoms with van der Waals surface area (Å²) < 4.78 is 12.3. The third-order valence-corrected chi connectivity index (χ3v) is 9.05. The molecule has 0 aromatic carbocycles. The van der Waals surface area contributed by atoms with E-state index in [2.05, 4.69) is 40.8 Å². The van der Waals surface area contributed by atoms with E-state index in [1.807, 2.05) is 11.1 Å². The molecule has 0 radical (unpaired) electrons. The number of hydrogen-bond donors (Lipinski definition) is 1. The van der Waals surface area contributed by atoms with Crippen molar-refractivity contribution in [2.24, 2.45) is 0 Å². The lowest BCUT2D eigenvalue weighted by molar-refractivity contribution is -0.127. The molecule has 4 fully saturated rings. The first kappa shape index (κ1) is 24.8. The molecule has 9 nitrogen and oxygen atoms in total. The molecule has 1 amide bonds. The Labute approximate surface area is 230 Å². The van der Waals surface area contributed by atoms with Gasteiger partial charge in [-0.25, -0.2) is 4.98 Å². The molecule has 0 spiro atoms. The van der Waals surface area contributed by atoms with Gasteiger partial charge in [-0.2, -0.15) is 0 Å². The minimum absolute atomic E-state index is 0.0499. The van der Waals surface area contributed by atoms with Crippen LogP contribution in [0.3, 0.4) is 0 Å². The number of fused-ring (bicyclic) bond motifs is 2. The predicted molar refractivity (Wildman–Crippen MR) is 150 cm³/mol. The lowest BCUT2D eigenvalue weighted by Crippen LogP contribution is -2.54. The number of piperidine rings is 1. The van der Waals surface area contributed by atoms with E-state index in [1.54, 1.807) is 0 Å². The number of carbonyl (C=O) groups is 1. The zero-order valence-corrected chi connectivity index (χ0v) is 22.8. The van der Waals surface area contributed by atoms with E-state index >= 15 is 0 Å². The summed E-state index contributed by atoms with van der Waals surface area (Å²) in [5.41, 5.74) is 5.54. The van der Waals surface area contributed by atoms with Crippen molar-refractivity contribution in [2.75, 3.05) is 62.7 Å². The Morgan fingerprint density at radius 2 is 1.87 bits per heavy atom. The number of nitrogens with one attached hydrogen (secondary N) is 1. The number of anilines is 3. The van der Waals surface area contributed by atoms with Gasteiger partial charge in [0.2, 0.25) is 5.91 Å². The molecule has 0 bridgehead atoms. The van der Waals surface area contributed by atoms with Crippen molar-refractivity contribution < 1.29 is 14.3 Å². The molecule has 39 heavy (non-hydrogen) atoms. The Balaban J connectivity index is 1.12. The fourth-order valence-corrected chi connectivity index (χ4v) is 6.62. The molecule has 5 aliphatic rings. The summed E-state index contributed by atoms with van der Waals surface area (Å²) in [6.45, 7) is 12.7. The molecule has 2 aromatic rings. The van der Waals surface area contributed by atoms with Crippen LogP contribution in [0.2, 0.25) is 0 Å². The topological polar surface area (TPSA) is 83.1 Å². The summed E-state index contributed by atoms with van der Waals surface area (Å²) in [4.78, 5) is 28.8. The van der Waals surface area contributed by atoms with Crippen molar-refractivity contribution in [1.82, 2.24) is 19.8 Å². The summed E-state index contributed by atoms with van der Waals surface area (Å²) in [5, 5.41) is 3.68. The smallest absolute Gasteiger partial charge is 0.245 e. The van der Waals surface area contributed by atoms with Gasteiger partial charge in [-0.3, -0.25) is 14.7 Å². The molecule has 6 heterocycles. The molecular formula is C30H38N6O3. The molecule has 9 heteroatoms. The fourth-order valence-electron chi connectivity index (χ4n) is 6.62. The Morgan fingerprint density at radius 1 is 1.10 bits per heavy atom. The summed E-state index contributed by atoms with van der Waals surface area (Å²) in [5.74, 6) is 2.71. The van der Waals surface area contributed by atoms with Crippen LogP contribution < -0.4 is 15.0 Å². The van der Waals surface area contributed by atoms with Crippen molar-refractivity contribution in [2.45, 2.75) is 56.6 Å². The minimum atomic E-state index is -0.136. The van der Waals surface area contributed by atoms with Crippen LogP contribution in [0.4, 0.5) is 17.2 Å². The van der Waals surface area contributed by atoms with Gasteiger partial charge >= 0.3 is 0 Å². The molecule has 1 aliphatic carbocycles. The van der Waals surface area contributed by atoms with Gasteiger partial charge in [0.25, 0.3) is 0 Å². The van der Waals surface area contributed by atoms with Crippen LogP contribution in [-0.2, 0) is 9.53 Å². The van der Waals surface area contributed by atoms with Gasteiger partial charge in [-0.05, 0) is 50.8 Å². The molecule has 7 rings (SSSR count). The van der Waals surface area contributed by atoms with Crippen molar-refractivity contribution in [3.63, 3.8) is 0 Å². The quantitative estimate of drug-likeness (QED) is 0.582. The van der Waals surface area contributed by atoms with Crippen LogP contribution in [-0.4, -0.2) is 84.2 Å². The number of likely N-dealkylation sites (tertiary alicyclic amines) is 2. The molecule has 1 atom stereocenters. The largest absolute Gasteiger partial charge is 0.482 e. The standard InChI is InChI=1S/C30H38N6O3/c1-3-26(37)35-10-7-22(8-11-35)36-17-21(18-36)23-16-24-29(28(32-23)20-4-5-20)39-19(2)27-25(6-9-31-30(27)33-24)34-12-14-38-15-13-34/h3,6,9,16,19-22H,1,4-5,7-8,10-15,17-18H2,2H3,(H,31,33)/t19-/m0/s1. The van der Waals surface area contributed by atoms with Crippen LogP contribution >= 0.6 is 0 Å². The lowest BCUT2D eigenvalue weighted by Gasteiger charge is -2.47. The van der Waals surface area contributed by atoms with E-state index in [0.29, 0.717) is 17.9 Å². The van der Waals surface area contributed by atoms with Gasteiger partial charge in [-0.1, -0.05) is 6.58 Å². The van der Waals surface area contributed by atoms with Gasteiger partial charge in [0.15, 0.2) is 5.75 Å². The number of pyridine rings is 2. The molecule has 1 N–H and O–H groups in total. The number of amides is 1. The third kappa shape index (κ3) is 4.65. The second-order valence-corrected chi connectivity index (χ2v) is 11.6. The summed E-state index contributed by atoms with van der Waals surface area (Å²) in [6.07, 6.45) is 7.58. The molecule has 2 aromatic heterocycles. The first-order valence-electron chi connectivity index (χ1n) is 14.5. The van der Waals surface area contributed by atoms with E-state index in [4.69, 9.17) is 19.4 Å². The highest BCUT2D eigenvalue weighted by atomic mass is 16.5. The molecule has 0 unspecified atom stereocenters. The molecule has 3 saturated heterocycles. The van der Waals surface area contributed by atoms with Gasteiger partial charge in [0.1, 0.15) is 11.9 Å². The Bertz CT molecular complexity index is 1260. The molecule has 1 saturated carbocycles. The SMILES string of the molecule is C=CC(=O)N1CCC(N2CC(c3cc4c(c(C5CC5)n3)O[C@@H](C)c3c(N5CCOCC5)ccnc3N4)C2)CC1. The number of aromatic nitrogens is 2. The number of nitrogens with zero attached hydrogens (tertiary/aromatic N) is 5. The average Bonchev–Trinajstić information content (AvgIpc) is 3.80. The maximum Gasteiger partial charge on any atom is 0.245 e. The zero-order valence-electron chi connectivity index (χ0n) is 22.8. The lowest BCUT2D eigenvalue weighted by atomic mass is 9.90. The van der Waals surface area contributed by atoms with Crippen molar-refractivity contribution in [3.8, 4) is 5.75 Å². The maximum atomic E-state index is 12.0. The van der Waals surface area contributed by atoms with Crippen LogP contribution in [0.5, 0.6) is 5.75 Å². The van der Waals surface area contributed by atoms with Crippen LogP contribution in [0.1, 0.15) is 67.5 Å². The summed E-state index contributed by atoms with van der Waals surface area (Å²) in [6, 6.07) is 4.85. The van der Waals surface area contributed by atoms with Gasteiger partial charge < -0.3 is 24.6 Å². The minimum Gasteiger partial charge on any atom is -0.482 e. The Hall–Kier alpha value is -3.17. The number of hydrogen-bond acceptors (Lipinski definition) is 8. The zero-order chi connectivity index (χ0) is 26.5. The van der Waals surface area contributed by atoms with Crippen molar-refractivity contribution >= 4 is 23.1 Å². The Kier molecular flexibility index (Phi) is 6.43. The van der Waals surface area contributed by atoms with E-state index in [0.717, 1.165) is 99.5 Å². The number of rotatable bonds is 5. The second kappa shape index (κ2) is 10.1. The maximum absolute atomic E-state index is 12.0. The highest BCUT2D eigenvalue weighted by Gasteiger charge is 2.39. The van der Waals surface area contributed by atoms with Crippen molar-refractivity contribution in [1.29, 1.82) is 0 Å². The van der Waals surface area contributed by atoms with Crippen molar-refractivity contribution in [3.05, 3.63) is 47.9 Å². The van der Waals surface area contributed by atoms with Gasteiger partial charge in [0.05, 0.1) is 30.2 Å². The third-order valence-electron chi connectivity index (χ3n) is 9.05. The predicted octanol–water partition coefficient (Wildman–Crippen LogP) is 3.96. The highest BCUT2D eigenvalue weighted by Crippen LogP contribution is 2.51. The molecule has 4 aliphatic heterocycles. The van der Waals surface area contributed by atoms with Gasteiger partial charge in [-0.15, -0.1) is 0 Å². The van der Waals surface area contributed by atoms with E-state index < -0.39 is 0 Å². The number of morpholine rings is 1. The normalized spacial score (nSPS) is 24.1. The summed E-state index contributed by atoms with van der Waals surface area (Å²) >= 11 is 0. The monoisotopic (exact) mass is 530 g/mol. The number of carbonyl (C=O) groups excluding carboxylic acids is 1. The van der Waals surface area contributed by atoms with Crippen LogP contribution in [0.15, 0.2) is 31.0 Å². The van der Waals surface area contributed by atoms with E-state index in [-0.39, 0.29) is 12.0 Å². The van der Waals surface area contributed by atoms with Crippen LogP contribution in [0.25, 0.3) is 0 Å². The highest BCUT2D eigenvalue weighted by molar-refractivity contribution is 5.87. The second-order valence-electron chi connectivity index (χ2n) is 11.6. The first-order valence-corrected chi connectivity index (χ1v) is 14.5. The van der Waals surface area contributed by atoms with E-state index in [1.165, 1.54) is 24.6 Å². The Morgan fingerprint density at radius 3 is 2.59 bits per heavy atom. The first-order chi connectivity index (χ1) is 19.1. The number of ether oxygens (including phenoxy) is 2. The average molecular weight is 531 g/mol. The van der Waals surface area contributed by atoms with Gasteiger partial charge in [0, 0.05) is 74.7 Å². The van der Waals surface area contributed by atoms with Crippen LogP contribution in [0, 0.1) is 0 Å². The molecular weight excluding hydrogens is 492 g/mol. The fraction of sp³-hybridized carbons (Fsp3) is 0.567. The molecule has 206 valence electrons.